The molecule has 0 aliphatic heterocycles. The monoisotopic (exact) mass is 392 g/mol. The highest BCUT2D eigenvalue weighted by atomic mass is 16.3. The molecule has 0 aliphatic carbocycles. The quantitative estimate of drug-likeness (QED) is 0.435. The van der Waals surface area contributed by atoms with Crippen molar-refractivity contribution in [1.29, 1.82) is 0 Å². The summed E-state index contributed by atoms with van der Waals surface area (Å²) >= 11 is 0. The number of aromatic amines is 2. The smallest absolute Gasteiger partial charge is 0.138 e. The predicted octanol–water partition coefficient (Wildman–Crippen LogP) is 5.13. The van der Waals surface area contributed by atoms with Crippen molar-refractivity contribution in [2.75, 3.05) is 0 Å². The minimum atomic E-state index is 0.803. The van der Waals surface area contributed by atoms with E-state index in [-0.39, 0.29) is 0 Å². The van der Waals surface area contributed by atoms with Crippen molar-refractivity contribution in [3.63, 3.8) is 0 Å². The summed E-state index contributed by atoms with van der Waals surface area (Å²) in [4.78, 5) is 16.7. The van der Waals surface area contributed by atoms with E-state index in [0.29, 0.717) is 0 Å². The topological polar surface area (TPSA) is 96.3 Å². The van der Waals surface area contributed by atoms with Gasteiger partial charge in [-0.1, -0.05) is 0 Å². The number of aromatic nitrogens is 6. The number of nitrogens with one attached hydrogen (secondary N) is 2. The van der Waals surface area contributed by atoms with Gasteiger partial charge in [-0.05, 0) is 48.4 Å². The first kappa shape index (κ1) is 16.7. The molecule has 0 aliphatic rings. The van der Waals surface area contributed by atoms with Crippen molar-refractivity contribution in [3.05, 3.63) is 73.2 Å². The standard InChI is InChI=1S/C23H16N6O/c1-13-2-5-24-10-18(13)19-9-17-21(11-26-19)28-29-22(17)20-8-16-15(14-4-7-30-12-14)3-6-25-23(16)27-20/h2-12H,1H3,(H,25,27)(H,28,29). The third-order valence-corrected chi connectivity index (χ3v) is 5.38. The van der Waals surface area contributed by atoms with Crippen LogP contribution in [-0.4, -0.2) is 30.1 Å². The highest BCUT2D eigenvalue weighted by Gasteiger charge is 2.16. The Morgan fingerprint density at radius 3 is 2.77 bits per heavy atom. The molecule has 6 aromatic heterocycles. The second-order valence-corrected chi connectivity index (χ2v) is 7.19. The van der Waals surface area contributed by atoms with E-state index < -0.39 is 0 Å². The van der Waals surface area contributed by atoms with Gasteiger partial charge in [-0.15, -0.1) is 0 Å². The minimum Gasteiger partial charge on any atom is -0.472 e. The Morgan fingerprint density at radius 2 is 1.90 bits per heavy atom. The number of aryl methyl sites for hydroxylation is 1. The molecule has 0 amide bonds. The average molecular weight is 392 g/mol. The Hall–Kier alpha value is -4.26. The number of H-pyrrole nitrogens is 2. The minimum absolute atomic E-state index is 0.803. The molecule has 0 saturated carbocycles. The van der Waals surface area contributed by atoms with Crippen LogP contribution in [-0.2, 0) is 0 Å². The normalized spacial score (nSPS) is 11.5. The van der Waals surface area contributed by atoms with Gasteiger partial charge < -0.3 is 9.40 Å². The third kappa shape index (κ3) is 2.52. The summed E-state index contributed by atoms with van der Waals surface area (Å²) in [5.41, 5.74) is 8.46. The van der Waals surface area contributed by atoms with Crippen molar-refractivity contribution < 1.29 is 4.42 Å². The summed E-state index contributed by atoms with van der Waals surface area (Å²) in [6.07, 6.45) is 10.6. The Bertz CT molecular complexity index is 1510. The first-order valence-corrected chi connectivity index (χ1v) is 9.54. The van der Waals surface area contributed by atoms with E-state index in [1.54, 1.807) is 24.9 Å². The largest absolute Gasteiger partial charge is 0.472 e. The molecule has 30 heavy (non-hydrogen) atoms. The lowest BCUT2D eigenvalue weighted by molar-refractivity contribution is 0.568. The van der Waals surface area contributed by atoms with Crippen molar-refractivity contribution in [2.24, 2.45) is 0 Å². The fourth-order valence-electron chi connectivity index (χ4n) is 3.83. The van der Waals surface area contributed by atoms with Gasteiger partial charge in [-0.25, -0.2) is 4.98 Å². The molecule has 0 aromatic carbocycles. The van der Waals surface area contributed by atoms with Crippen LogP contribution in [0.1, 0.15) is 5.56 Å². The number of hydrogen-bond donors (Lipinski definition) is 2. The number of furan rings is 1. The molecule has 0 fully saturated rings. The summed E-state index contributed by atoms with van der Waals surface area (Å²) in [5.74, 6) is 0. The molecule has 0 saturated heterocycles. The Balaban J connectivity index is 1.53. The second kappa shape index (κ2) is 6.38. The van der Waals surface area contributed by atoms with Crippen LogP contribution in [0.2, 0.25) is 0 Å². The zero-order valence-electron chi connectivity index (χ0n) is 16.0. The van der Waals surface area contributed by atoms with Crippen LogP contribution >= 0.6 is 0 Å². The van der Waals surface area contributed by atoms with E-state index in [1.165, 1.54) is 0 Å². The van der Waals surface area contributed by atoms with Crippen LogP contribution in [0.25, 0.3) is 55.7 Å². The number of nitrogens with zero attached hydrogens (tertiary/aromatic N) is 4. The maximum Gasteiger partial charge on any atom is 0.138 e. The molecule has 0 bridgehead atoms. The van der Waals surface area contributed by atoms with Gasteiger partial charge >= 0.3 is 0 Å². The van der Waals surface area contributed by atoms with Crippen molar-refractivity contribution in [2.45, 2.75) is 6.92 Å². The van der Waals surface area contributed by atoms with Gasteiger partial charge in [-0.3, -0.25) is 15.1 Å². The SMILES string of the molecule is Cc1ccncc1-c1cc2c(-c3cc4c(-c5ccoc5)ccnc4[nH]3)n[nH]c2cn1. The van der Waals surface area contributed by atoms with Crippen LogP contribution in [0.5, 0.6) is 0 Å². The van der Waals surface area contributed by atoms with E-state index in [0.717, 1.165) is 61.3 Å². The first-order chi connectivity index (χ1) is 14.8. The van der Waals surface area contributed by atoms with Gasteiger partial charge in [0, 0.05) is 40.5 Å². The van der Waals surface area contributed by atoms with Crippen molar-refractivity contribution in [1.82, 2.24) is 30.1 Å². The molecule has 6 rings (SSSR count). The molecule has 7 nitrogen and oxygen atoms in total. The second-order valence-electron chi connectivity index (χ2n) is 7.19. The van der Waals surface area contributed by atoms with Gasteiger partial charge in [0.1, 0.15) is 11.3 Å². The van der Waals surface area contributed by atoms with E-state index in [9.17, 15) is 0 Å². The Morgan fingerprint density at radius 1 is 0.933 bits per heavy atom. The molecule has 7 heteroatoms. The average Bonchev–Trinajstić information content (AvgIpc) is 3.51. The summed E-state index contributed by atoms with van der Waals surface area (Å²) in [7, 11) is 0. The Labute approximate surface area is 170 Å². The number of fused-ring (bicyclic) bond motifs is 2. The van der Waals surface area contributed by atoms with Gasteiger partial charge in [-0.2, -0.15) is 5.10 Å². The van der Waals surface area contributed by atoms with Crippen LogP contribution < -0.4 is 0 Å². The van der Waals surface area contributed by atoms with Gasteiger partial charge in [0.2, 0.25) is 0 Å². The highest BCUT2D eigenvalue weighted by molar-refractivity contribution is 6.00. The van der Waals surface area contributed by atoms with Gasteiger partial charge in [0.25, 0.3) is 0 Å². The molecular formula is C23H16N6O. The van der Waals surface area contributed by atoms with Crippen molar-refractivity contribution in [3.8, 4) is 33.8 Å². The molecule has 0 spiro atoms. The first-order valence-electron chi connectivity index (χ1n) is 9.54. The van der Waals surface area contributed by atoms with Crippen LogP contribution in [0.15, 0.2) is 72.1 Å². The lowest BCUT2D eigenvalue weighted by Gasteiger charge is -2.04. The molecular weight excluding hydrogens is 376 g/mol. The van der Waals surface area contributed by atoms with E-state index in [1.807, 2.05) is 36.7 Å². The summed E-state index contributed by atoms with van der Waals surface area (Å²) in [6, 6.07) is 10.0. The van der Waals surface area contributed by atoms with E-state index in [2.05, 4.69) is 43.1 Å². The number of hydrogen-bond acceptors (Lipinski definition) is 5. The molecule has 0 radical (unpaired) electrons. The van der Waals surface area contributed by atoms with E-state index in [4.69, 9.17) is 4.42 Å². The maximum atomic E-state index is 5.26. The fraction of sp³-hybridized carbons (Fsp3) is 0.0435. The van der Waals surface area contributed by atoms with Gasteiger partial charge in [0.15, 0.2) is 0 Å². The lowest BCUT2D eigenvalue weighted by atomic mass is 10.1. The molecule has 2 N–H and O–H groups in total. The van der Waals surface area contributed by atoms with Crippen LogP contribution in [0.4, 0.5) is 0 Å². The molecule has 6 heterocycles. The lowest BCUT2D eigenvalue weighted by Crippen LogP contribution is -1.88. The number of rotatable bonds is 3. The molecule has 0 atom stereocenters. The maximum absolute atomic E-state index is 5.26. The third-order valence-electron chi connectivity index (χ3n) is 5.38. The predicted molar refractivity (Wildman–Crippen MR) is 115 cm³/mol. The Kier molecular flexibility index (Phi) is 3.55. The fourth-order valence-corrected chi connectivity index (χ4v) is 3.83. The zero-order chi connectivity index (χ0) is 20.1. The molecule has 144 valence electrons. The highest BCUT2D eigenvalue weighted by Crippen LogP contribution is 2.34. The molecule has 0 unspecified atom stereocenters. The summed E-state index contributed by atoms with van der Waals surface area (Å²) in [6.45, 7) is 2.06. The summed E-state index contributed by atoms with van der Waals surface area (Å²) in [5, 5.41) is 9.64. The van der Waals surface area contributed by atoms with Crippen LogP contribution in [0, 0.1) is 6.92 Å². The van der Waals surface area contributed by atoms with Crippen molar-refractivity contribution >= 4 is 21.9 Å². The zero-order valence-corrected chi connectivity index (χ0v) is 16.0. The van der Waals surface area contributed by atoms with Gasteiger partial charge in [0.05, 0.1) is 35.6 Å². The van der Waals surface area contributed by atoms with E-state index >= 15 is 0 Å². The molecule has 6 aromatic rings. The van der Waals surface area contributed by atoms with Crippen LogP contribution in [0.3, 0.4) is 0 Å². The summed E-state index contributed by atoms with van der Waals surface area (Å²) < 4.78 is 5.26. The number of pyridine rings is 3.